The first-order valence-electron chi connectivity index (χ1n) is 6.86. The van der Waals surface area contributed by atoms with Crippen LogP contribution in [0.3, 0.4) is 0 Å². The number of furan rings is 1. The number of amides is 1. The van der Waals surface area contributed by atoms with Gasteiger partial charge in [-0.15, -0.1) is 0 Å². The molecule has 1 amide bonds. The molecule has 2 unspecified atom stereocenters. The minimum absolute atomic E-state index is 0.118. The topological polar surface area (TPSA) is 78.7 Å². The van der Waals surface area contributed by atoms with E-state index in [1.54, 1.807) is 6.07 Å². The summed E-state index contributed by atoms with van der Waals surface area (Å²) in [4.78, 5) is 12.1. The van der Waals surface area contributed by atoms with Crippen LogP contribution in [0.25, 0.3) is 0 Å². The van der Waals surface area contributed by atoms with Gasteiger partial charge in [-0.25, -0.2) is 16.3 Å². The van der Waals surface area contributed by atoms with Gasteiger partial charge in [0.25, 0.3) is 5.91 Å². The average Bonchev–Trinajstić information content (AvgIpc) is 3.17. The number of nitrogens with one attached hydrogen (secondary N) is 3. The maximum Gasteiger partial charge on any atom is 0.258 e. The van der Waals surface area contributed by atoms with Crippen molar-refractivity contribution in [1.82, 2.24) is 16.3 Å². The van der Waals surface area contributed by atoms with E-state index in [-0.39, 0.29) is 18.0 Å². The van der Waals surface area contributed by atoms with Crippen molar-refractivity contribution in [2.45, 2.75) is 18.5 Å². The van der Waals surface area contributed by atoms with E-state index in [0.29, 0.717) is 12.2 Å². The largest absolute Gasteiger partial charge is 0.449 e. The number of nitrogens with zero attached hydrogens (tertiary/aromatic N) is 1. The predicted molar refractivity (Wildman–Crippen MR) is 91.0 cm³/mol. The lowest BCUT2D eigenvalue weighted by Crippen LogP contribution is -2.41. The van der Waals surface area contributed by atoms with E-state index in [9.17, 15) is 4.79 Å². The molecule has 0 bridgehead atoms. The second-order valence-electron chi connectivity index (χ2n) is 4.92. The molecule has 1 aromatic carbocycles. The SMILES string of the molecule is O=C(N/N=C/c1ccc(I)o1)C1CC(c2ccccc2)NN1. The number of rotatable bonds is 4. The number of hydrogen-bond donors (Lipinski definition) is 3. The molecule has 0 radical (unpaired) electrons. The van der Waals surface area contributed by atoms with Crippen LogP contribution in [0, 0.1) is 3.77 Å². The fourth-order valence-electron chi connectivity index (χ4n) is 2.27. The lowest BCUT2D eigenvalue weighted by atomic mass is 10.0. The molecule has 2 heterocycles. The minimum atomic E-state index is -0.320. The van der Waals surface area contributed by atoms with E-state index in [0.717, 1.165) is 9.33 Å². The summed E-state index contributed by atoms with van der Waals surface area (Å²) in [5.74, 6) is 0.424. The first-order valence-corrected chi connectivity index (χ1v) is 7.94. The molecule has 3 N–H and O–H groups in total. The lowest BCUT2D eigenvalue weighted by molar-refractivity contribution is -0.122. The van der Waals surface area contributed by atoms with Gasteiger partial charge in [0.05, 0.1) is 6.21 Å². The molecule has 3 rings (SSSR count). The Hall–Kier alpha value is -1.71. The van der Waals surface area contributed by atoms with Crippen LogP contribution in [0.2, 0.25) is 0 Å². The van der Waals surface area contributed by atoms with Crippen LogP contribution < -0.4 is 16.3 Å². The zero-order chi connectivity index (χ0) is 15.4. The number of hydrazine groups is 1. The molecule has 1 aliphatic rings. The molecular weight excluding hydrogens is 395 g/mol. The Morgan fingerprint density at radius 3 is 2.82 bits per heavy atom. The zero-order valence-corrected chi connectivity index (χ0v) is 13.8. The number of carbonyl (C=O) groups is 1. The average molecular weight is 410 g/mol. The Morgan fingerprint density at radius 1 is 1.27 bits per heavy atom. The third kappa shape index (κ3) is 3.73. The van der Waals surface area contributed by atoms with Gasteiger partial charge in [0.15, 0.2) is 3.77 Å². The van der Waals surface area contributed by atoms with Crippen LogP contribution in [0.15, 0.2) is 52.0 Å². The molecule has 7 heteroatoms. The molecule has 114 valence electrons. The molecule has 0 spiro atoms. The summed E-state index contributed by atoms with van der Waals surface area (Å²) in [6.07, 6.45) is 2.15. The van der Waals surface area contributed by atoms with E-state index in [1.807, 2.05) is 36.4 Å². The van der Waals surface area contributed by atoms with Gasteiger partial charge in [0.2, 0.25) is 0 Å². The summed E-state index contributed by atoms with van der Waals surface area (Å²) < 4.78 is 6.10. The summed E-state index contributed by atoms with van der Waals surface area (Å²) >= 11 is 2.07. The summed E-state index contributed by atoms with van der Waals surface area (Å²) in [7, 11) is 0. The molecule has 1 fully saturated rings. The Bertz CT molecular complexity index is 671. The maximum absolute atomic E-state index is 12.1. The quantitative estimate of drug-likeness (QED) is 0.409. The van der Waals surface area contributed by atoms with Gasteiger partial charge >= 0.3 is 0 Å². The van der Waals surface area contributed by atoms with Gasteiger partial charge in [-0.2, -0.15) is 5.10 Å². The monoisotopic (exact) mass is 410 g/mol. The van der Waals surface area contributed by atoms with Crippen LogP contribution in [0.5, 0.6) is 0 Å². The molecule has 0 aliphatic carbocycles. The van der Waals surface area contributed by atoms with E-state index in [4.69, 9.17) is 4.42 Å². The standard InChI is InChI=1S/C15H15IN4O2/c16-14-7-6-11(22-14)9-17-20-15(21)13-8-12(18-19-13)10-4-2-1-3-5-10/h1-7,9,12-13,18-19H,8H2,(H,20,21)/b17-9+. The van der Waals surface area contributed by atoms with E-state index >= 15 is 0 Å². The fourth-order valence-corrected chi connectivity index (χ4v) is 2.70. The second-order valence-corrected chi connectivity index (χ2v) is 5.98. The van der Waals surface area contributed by atoms with E-state index < -0.39 is 0 Å². The predicted octanol–water partition coefficient (Wildman–Crippen LogP) is 1.94. The number of halogens is 1. The van der Waals surface area contributed by atoms with Crippen LogP contribution in [-0.4, -0.2) is 18.2 Å². The first kappa shape index (κ1) is 15.2. The van der Waals surface area contributed by atoms with Crippen molar-refractivity contribution in [3.63, 3.8) is 0 Å². The van der Waals surface area contributed by atoms with Gasteiger partial charge in [-0.3, -0.25) is 4.79 Å². The normalized spacial score (nSPS) is 21.3. The molecular formula is C15H15IN4O2. The number of benzene rings is 1. The van der Waals surface area contributed by atoms with Crippen molar-refractivity contribution < 1.29 is 9.21 Å². The van der Waals surface area contributed by atoms with Crippen LogP contribution in [-0.2, 0) is 4.79 Å². The highest BCUT2D eigenvalue weighted by Crippen LogP contribution is 2.21. The van der Waals surface area contributed by atoms with Crippen LogP contribution >= 0.6 is 22.6 Å². The smallest absolute Gasteiger partial charge is 0.258 e. The van der Waals surface area contributed by atoms with Crippen LogP contribution in [0.1, 0.15) is 23.8 Å². The molecule has 22 heavy (non-hydrogen) atoms. The van der Waals surface area contributed by atoms with Crippen molar-refractivity contribution in [1.29, 1.82) is 0 Å². The zero-order valence-electron chi connectivity index (χ0n) is 11.6. The number of hydrogen-bond acceptors (Lipinski definition) is 5. The van der Waals surface area contributed by atoms with Crippen molar-refractivity contribution in [3.8, 4) is 0 Å². The van der Waals surface area contributed by atoms with Crippen LogP contribution in [0.4, 0.5) is 0 Å². The summed E-state index contributed by atoms with van der Waals surface area (Å²) in [5.41, 5.74) is 9.80. The first-order chi connectivity index (χ1) is 10.7. The highest BCUT2D eigenvalue weighted by atomic mass is 127. The summed E-state index contributed by atoms with van der Waals surface area (Å²) in [6, 6.07) is 13.4. The highest BCUT2D eigenvalue weighted by Gasteiger charge is 2.29. The lowest BCUT2D eigenvalue weighted by Gasteiger charge is -2.08. The Morgan fingerprint density at radius 2 is 2.09 bits per heavy atom. The Kier molecular flexibility index (Phi) is 4.86. The van der Waals surface area contributed by atoms with Crippen molar-refractivity contribution in [2.75, 3.05) is 0 Å². The van der Waals surface area contributed by atoms with Gasteiger partial charge in [-0.05, 0) is 46.7 Å². The van der Waals surface area contributed by atoms with E-state index in [2.05, 4.69) is 44.0 Å². The van der Waals surface area contributed by atoms with Gasteiger partial charge in [0, 0.05) is 6.04 Å². The molecule has 0 saturated carbocycles. The maximum atomic E-state index is 12.1. The van der Waals surface area contributed by atoms with Gasteiger partial charge in [0.1, 0.15) is 11.8 Å². The van der Waals surface area contributed by atoms with Crippen molar-refractivity contribution in [3.05, 3.63) is 57.6 Å². The number of carbonyl (C=O) groups excluding carboxylic acids is 1. The molecule has 6 nitrogen and oxygen atoms in total. The fraction of sp³-hybridized carbons (Fsp3) is 0.200. The molecule has 1 aromatic heterocycles. The van der Waals surface area contributed by atoms with Crippen molar-refractivity contribution in [2.24, 2.45) is 5.10 Å². The molecule has 1 aliphatic heterocycles. The van der Waals surface area contributed by atoms with E-state index in [1.165, 1.54) is 6.21 Å². The van der Waals surface area contributed by atoms with Gasteiger partial charge < -0.3 is 4.42 Å². The molecule has 2 atom stereocenters. The highest BCUT2D eigenvalue weighted by molar-refractivity contribution is 14.1. The number of hydrazone groups is 1. The molecule has 2 aromatic rings. The summed E-state index contributed by atoms with van der Waals surface area (Å²) in [5, 5.41) is 3.91. The van der Waals surface area contributed by atoms with Gasteiger partial charge in [-0.1, -0.05) is 30.3 Å². The second kappa shape index (κ2) is 7.03. The summed E-state index contributed by atoms with van der Waals surface area (Å²) in [6.45, 7) is 0. The minimum Gasteiger partial charge on any atom is -0.449 e. The molecule has 1 saturated heterocycles. The Balaban J connectivity index is 1.52. The third-order valence-corrected chi connectivity index (χ3v) is 3.96. The van der Waals surface area contributed by atoms with Crippen molar-refractivity contribution >= 4 is 34.7 Å². The third-order valence-electron chi connectivity index (χ3n) is 3.38. The Labute approximate surface area is 141 Å².